The summed E-state index contributed by atoms with van der Waals surface area (Å²) in [5, 5.41) is 0. The Morgan fingerprint density at radius 1 is 0.853 bits per heavy atom. The number of ether oxygens (including phenoxy) is 2. The SMILES string of the molecule is CCOC(=O)C1=C(C)N(c2ccc(C(C)C)cc2)C(C)=C(C(=O)OCC)C1c1ccc(Br)cc1. The summed E-state index contributed by atoms with van der Waals surface area (Å²) in [6, 6.07) is 15.8. The Morgan fingerprint density at radius 2 is 1.32 bits per heavy atom. The quantitative estimate of drug-likeness (QED) is 0.370. The second kappa shape index (κ2) is 11.0. The second-order valence-electron chi connectivity index (χ2n) is 8.51. The van der Waals surface area contributed by atoms with Gasteiger partial charge >= 0.3 is 11.9 Å². The normalized spacial score (nSPS) is 14.6. The van der Waals surface area contributed by atoms with Crippen molar-refractivity contribution in [1.29, 1.82) is 0 Å². The molecule has 0 spiro atoms. The summed E-state index contributed by atoms with van der Waals surface area (Å²) in [6.07, 6.45) is 0. The number of carbonyl (C=O) groups is 2. The van der Waals surface area contributed by atoms with Crippen LogP contribution < -0.4 is 4.90 Å². The smallest absolute Gasteiger partial charge is 0.336 e. The molecule has 0 saturated heterocycles. The highest BCUT2D eigenvalue weighted by Gasteiger charge is 2.41. The zero-order chi connectivity index (χ0) is 25.0. The number of halogens is 1. The highest BCUT2D eigenvalue weighted by Crippen LogP contribution is 2.45. The molecule has 1 aliphatic heterocycles. The molecule has 34 heavy (non-hydrogen) atoms. The number of anilines is 1. The fourth-order valence-electron chi connectivity index (χ4n) is 4.39. The molecule has 0 atom stereocenters. The van der Waals surface area contributed by atoms with Crippen molar-refractivity contribution in [2.45, 2.75) is 53.4 Å². The van der Waals surface area contributed by atoms with Crippen LogP contribution in [-0.4, -0.2) is 25.2 Å². The fourth-order valence-corrected chi connectivity index (χ4v) is 4.65. The Kier molecular flexibility index (Phi) is 8.37. The number of allylic oxidation sites excluding steroid dienone is 2. The summed E-state index contributed by atoms with van der Waals surface area (Å²) < 4.78 is 11.9. The van der Waals surface area contributed by atoms with Gasteiger partial charge in [-0.25, -0.2) is 9.59 Å². The molecular formula is C28H32BrNO4. The molecule has 180 valence electrons. The standard InChI is InChI=1S/C28H32BrNO4/c1-7-33-27(31)24-18(5)30(23-15-11-20(12-16-23)17(3)4)19(6)25(28(32)34-8-2)26(24)21-9-13-22(29)14-10-21/h9-17,26H,7-8H2,1-6H3. The van der Waals surface area contributed by atoms with Crippen LogP contribution in [-0.2, 0) is 19.1 Å². The van der Waals surface area contributed by atoms with Crippen molar-refractivity contribution in [2.24, 2.45) is 0 Å². The topological polar surface area (TPSA) is 55.8 Å². The first-order chi connectivity index (χ1) is 16.2. The Balaban J connectivity index is 2.28. The summed E-state index contributed by atoms with van der Waals surface area (Å²) in [5.41, 5.74) is 5.24. The third-order valence-electron chi connectivity index (χ3n) is 6.04. The predicted molar refractivity (Wildman–Crippen MR) is 139 cm³/mol. The first-order valence-electron chi connectivity index (χ1n) is 11.6. The van der Waals surface area contributed by atoms with E-state index in [4.69, 9.17) is 9.47 Å². The summed E-state index contributed by atoms with van der Waals surface area (Å²) in [7, 11) is 0. The van der Waals surface area contributed by atoms with Crippen LogP contribution in [0.25, 0.3) is 0 Å². The maximum Gasteiger partial charge on any atom is 0.336 e. The van der Waals surface area contributed by atoms with Crippen molar-refractivity contribution in [2.75, 3.05) is 18.1 Å². The molecule has 0 aliphatic carbocycles. The number of hydrogen-bond donors (Lipinski definition) is 0. The van der Waals surface area contributed by atoms with E-state index < -0.39 is 17.9 Å². The summed E-state index contributed by atoms with van der Waals surface area (Å²) in [5.74, 6) is -1.08. The summed E-state index contributed by atoms with van der Waals surface area (Å²) in [6.45, 7) is 12.1. The molecule has 2 aromatic carbocycles. The van der Waals surface area contributed by atoms with Gasteiger partial charge in [-0.1, -0.05) is 54.0 Å². The molecule has 2 aromatic rings. The lowest BCUT2D eigenvalue weighted by Crippen LogP contribution is -2.35. The molecule has 0 fully saturated rings. The fraction of sp³-hybridized carbons (Fsp3) is 0.357. The summed E-state index contributed by atoms with van der Waals surface area (Å²) in [4.78, 5) is 28.6. The average Bonchev–Trinajstić information content (AvgIpc) is 2.79. The Morgan fingerprint density at radius 3 is 1.74 bits per heavy atom. The predicted octanol–water partition coefficient (Wildman–Crippen LogP) is 6.85. The van der Waals surface area contributed by atoms with Crippen molar-refractivity contribution in [3.63, 3.8) is 0 Å². The lowest BCUT2D eigenvalue weighted by Gasteiger charge is -2.38. The number of carbonyl (C=O) groups excluding carboxylic acids is 2. The van der Waals surface area contributed by atoms with E-state index in [2.05, 4.69) is 41.9 Å². The van der Waals surface area contributed by atoms with E-state index >= 15 is 0 Å². The van der Waals surface area contributed by atoms with Crippen LogP contribution in [0, 0.1) is 0 Å². The van der Waals surface area contributed by atoms with E-state index in [-0.39, 0.29) is 13.2 Å². The molecule has 0 unspecified atom stereocenters. The van der Waals surface area contributed by atoms with Crippen LogP contribution in [0.1, 0.15) is 64.5 Å². The zero-order valence-corrected chi connectivity index (χ0v) is 22.2. The van der Waals surface area contributed by atoms with Crippen molar-refractivity contribution < 1.29 is 19.1 Å². The third-order valence-corrected chi connectivity index (χ3v) is 6.57. The molecule has 1 aliphatic rings. The van der Waals surface area contributed by atoms with Crippen molar-refractivity contribution in [1.82, 2.24) is 0 Å². The molecule has 0 radical (unpaired) electrons. The van der Waals surface area contributed by atoms with E-state index in [1.807, 2.05) is 55.1 Å². The lowest BCUT2D eigenvalue weighted by atomic mass is 9.79. The van der Waals surface area contributed by atoms with Gasteiger partial charge in [0, 0.05) is 21.6 Å². The number of esters is 2. The molecule has 0 bridgehead atoms. The van der Waals surface area contributed by atoms with E-state index in [1.54, 1.807) is 13.8 Å². The Hall–Kier alpha value is -2.86. The van der Waals surface area contributed by atoms with Crippen LogP contribution in [0.15, 0.2) is 75.5 Å². The van der Waals surface area contributed by atoms with Crippen LogP contribution >= 0.6 is 15.9 Å². The molecule has 0 N–H and O–H groups in total. The minimum Gasteiger partial charge on any atom is -0.463 e. The number of nitrogens with zero attached hydrogens (tertiary/aromatic N) is 1. The van der Waals surface area contributed by atoms with Gasteiger partial charge in [-0.05, 0) is 69.0 Å². The molecule has 0 saturated carbocycles. The molecule has 0 aromatic heterocycles. The monoisotopic (exact) mass is 525 g/mol. The molecule has 5 nitrogen and oxygen atoms in total. The van der Waals surface area contributed by atoms with Gasteiger partial charge in [-0.15, -0.1) is 0 Å². The maximum atomic E-state index is 13.3. The van der Waals surface area contributed by atoms with Crippen LogP contribution in [0.5, 0.6) is 0 Å². The van der Waals surface area contributed by atoms with E-state index in [0.29, 0.717) is 17.1 Å². The first kappa shape index (κ1) is 25.8. The minimum atomic E-state index is -0.600. The first-order valence-corrected chi connectivity index (χ1v) is 12.4. The van der Waals surface area contributed by atoms with Gasteiger partial charge in [-0.2, -0.15) is 0 Å². The van der Waals surface area contributed by atoms with Gasteiger partial charge in [0.05, 0.1) is 30.3 Å². The van der Waals surface area contributed by atoms with Crippen LogP contribution in [0.3, 0.4) is 0 Å². The number of benzene rings is 2. The molecule has 3 rings (SSSR count). The number of hydrogen-bond acceptors (Lipinski definition) is 5. The molecular weight excluding hydrogens is 494 g/mol. The van der Waals surface area contributed by atoms with Gasteiger partial charge < -0.3 is 14.4 Å². The zero-order valence-electron chi connectivity index (χ0n) is 20.6. The number of rotatable bonds is 7. The summed E-state index contributed by atoms with van der Waals surface area (Å²) >= 11 is 3.47. The van der Waals surface area contributed by atoms with Crippen LogP contribution in [0.4, 0.5) is 5.69 Å². The van der Waals surface area contributed by atoms with E-state index in [9.17, 15) is 9.59 Å². The molecule has 6 heteroatoms. The van der Waals surface area contributed by atoms with Gasteiger partial charge in [-0.3, -0.25) is 0 Å². The van der Waals surface area contributed by atoms with Gasteiger partial charge in [0.15, 0.2) is 0 Å². The molecule has 1 heterocycles. The van der Waals surface area contributed by atoms with E-state index in [1.165, 1.54) is 5.56 Å². The Bertz CT molecular complexity index is 1070. The average molecular weight is 526 g/mol. The van der Waals surface area contributed by atoms with Gasteiger partial charge in [0.2, 0.25) is 0 Å². The maximum absolute atomic E-state index is 13.3. The van der Waals surface area contributed by atoms with Crippen molar-refractivity contribution in [3.8, 4) is 0 Å². The second-order valence-corrected chi connectivity index (χ2v) is 9.42. The highest BCUT2D eigenvalue weighted by molar-refractivity contribution is 9.10. The van der Waals surface area contributed by atoms with Gasteiger partial charge in [0.1, 0.15) is 0 Å². The van der Waals surface area contributed by atoms with Crippen LogP contribution in [0.2, 0.25) is 0 Å². The minimum absolute atomic E-state index is 0.239. The Labute approximate surface area is 210 Å². The largest absolute Gasteiger partial charge is 0.463 e. The van der Waals surface area contributed by atoms with E-state index in [0.717, 1.165) is 27.1 Å². The highest BCUT2D eigenvalue weighted by atomic mass is 79.9. The lowest BCUT2D eigenvalue weighted by molar-refractivity contribution is -0.139. The molecule has 0 amide bonds. The van der Waals surface area contributed by atoms with Gasteiger partial charge in [0.25, 0.3) is 0 Å². The third kappa shape index (κ3) is 5.12. The van der Waals surface area contributed by atoms with Crippen molar-refractivity contribution >= 4 is 33.6 Å². The van der Waals surface area contributed by atoms with Crippen molar-refractivity contribution in [3.05, 3.63) is 86.7 Å².